The fraction of sp³-hybridized carbons (Fsp3) is 0.375. The fourth-order valence-corrected chi connectivity index (χ4v) is 5.05. The van der Waals surface area contributed by atoms with Gasteiger partial charge >= 0.3 is 11.9 Å². The number of hydrogen-bond donors (Lipinski definition) is 4. The molecule has 1 aliphatic rings. The Hall–Kier alpha value is -3.48. The number of carboxylic acid groups (broad SMARTS) is 2. The van der Waals surface area contributed by atoms with E-state index in [0.29, 0.717) is 25.3 Å². The van der Waals surface area contributed by atoms with Crippen LogP contribution >= 0.6 is 0 Å². The molecule has 2 aromatic carbocycles. The summed E-state index contributed by atoms with van der Waals surface area (Å²) in [7, 11) is -1.93. The molecule has 0 unspecified atom stereocenters. The summed E-state index contributed by atoms with van der Waals surface area (Å²) in [4.78, 5) is 30.8. The van der Waals surface area contributed by atoms with E-state index in [1.165, 1.54) is 4.31 Å². The van der Waals surface area contributed by atoms with Crippen LogP contribution in [-0.4, -0.2) is 67.5 Å². The number of carbonyl (C=O) groups excluding carboxylic acids is 1. The Morgan fingerprint density at radius 1 is 1.00 bits per heavy atom. The highest BCUT2D eigenvalue weighted by atomic mass is 32.2. The molecule has 0 saturated carbocycles. The predicted octanol–water partition coefficient (Wildman–Crippen LogP) is 2.06. The van der Waals surface area contributed by atoms with E-state index in [9.17, 15) is 13.2 Å². The summed E-state index contributed by atoms with van der Waals surface area (Å²) < 4.78 is 32.7. The van der Waals surface area contributed by atoms with Crippen LogP contribution in [0.2, 0.25) is 0 Å². The molecule has 1 saturated heterocycles. The van der Waals surface area contributed by atoms with Gasteiger partial charge in [0.05, 0.1) is 18.6 Å². The lowest BCUT2D eigenvalue weighted by Gasteiger charge is -2.26. The predicted molar refractivity (Wildman–Crippen MR) is 132 cm³/mol. The maximum atomic E-state index is 12.9. The first-order valence-electron chi connectivity index (χ1n) is 11.3. The number of piperidine rings is 1. The quantitative estimate of drug-likeness (QED) is 0.381. The van der Waals surface area contributed by atoms with Crippen LogP contribution in [0.4, 0.5) is 5.69 Å². The highest BCUT2D eigenvalue weighted by Crippen LogP contribution is 2.25. The molecule has 0 atom stereocenters. The average molecular weight is 522 g/mol. The highest BCUT2D eigenvalue weighted by molar-refractivity contribution is 7.89. The second-order valence-corrected chi connectivity index (χ2v) is 9.95. The second kappa shape index (κ2) is 13.6. The zero-order chi connectivity index (χ0) is 26.7. The zero-order valence-electron chi connectivity index (χ0n) is 20.2. The first-order chi connectivity index (χ1) is 17.1. The average Bonchev–Trinajstić information content (AvgIpc) is 2.86. The van der Waals surface area contributed by atoms with Crippen LogP contribution in [-0.2, 0) is 31.0 Å². The molecule has 196 valence electrons. The summed E-state index contributed by atoms with van der Waals surface area (Å²) in [5.74, 6) is -3.12. The summed E-state index contributed by atoms with van der Waals surface area (Å²) in [6.45, 7) is 3.52. The fourth-order valence-electron chi connectivity index (χ4n) is 3.50. The van der Waals surface area contributed by atoms with Crippen molar-refractivity contribution in [3.63, 3.8) is 0 Å². The molecule has 2 aromatic rings. The summed E-state index contributed by atoms with van der Waals surface area (Å²) >= 11 is 0. The lowest BCUT2D eigenvalue weighted by atomic mass is 10.2. The Labute approximate surface area is 210 Å². The number of hydrogen-bond acceptors (Lipinski definition) is 7. The molecule has 11 nitrogen and oxygen atoms in total. The summed E-state index contributed by atoms with van der Waals surface area (Å²) in [5.41, 5.74) is 2.28. The number of sulfonamides is 1. The van der Waals surface area contributed by atoms with Gasteiger partial charge in [0.2, 0.25) is 15.9 Å². The molecule has 12 heteroatoms. The maximum absolute atomic E-state index is 12.9. The number of anilines is 1. The van der Waals surface area contributed by atoms with Crippen LogP contribution in [0.25, 0.3) is 0 Å². The number of nitrogens with zero attached hydrogens (tertiary/aromatic N) is 1. The number of aliphatic carboxylic acids is 2. The van der Waals surface area contributed by atoms with Crippen LogP contribution in [0, 0.1) is 6.92 Å². The van der Waals surface area contributed by atoms with Gasteiger partial charge < -0.3 is 25.6 Å². The molecule has 36 heavy (non-hydrogen) atoms. The van der Waals surface area contributed by atoms with Crippen molar-refractivity contribution < 1.29 is 37.8 Å². The van der Waals surface area contributed by atoms with Gasteiger partial charge in [-0.1, -0.05) is 30.7 Å². The number of rotatable bonds is 8. The van der Waals surface area contributed by atoms with Gasteiger partial charge in [-0.2, -0.15) is 4.31 Å². The van der Waals surface area contributed by atoms with Crippen molar-refractivity contribution in [1.29, 1.82) is 0 Å². The molecule has 0 bridgehead atoms. The molecular formula is C24H31N3O8S. The van der Waals surface area contributed by atoms with Crippen LogP contribution in [0.15, 0.2) is 47.4 Å². The van der Waals surface area contributed by atoms with Gasteiger partial charge in [0.25, 0.3) is 0 Å². The van der Waals surface area contributed by atoms with Gasteiger partial charge in [0.15, 0.2) is 0 Å². The van der Waals surface area contributed by atoms with Crippen molar-refractivity contribution in [2.24, 2.45) is 0 Å². The van der Waals surface area contributed by atoms with Crippen LogP contribution in [0.1, 0.15) is 30.4 Å². The van der Waals surface area contributed by atoms with Gasteiger partial charge in [-0.3, -0.25) is 4.79 Å². The van der Waals surface area contributed by atoms with E-state index >= 15 is 0 Å². The van der Waals surface area contributed by atoms with Gasteiger partial charge in [0, 0.05) is 30.9 Å². The molecule has 0 aliphatic carbocycles. The number of amides is 1. The number of methoxy groups -OCH3 is 1. The van der Waals surface area contributed by atoms with Crippen molar-refractivity contribution in [2.75, 3.05) is 32.1 Å². The van der Waals surface area contributed by atoms with E-state index < -0.39 is 22.0 Å². The van der Waals surface area contributed by atoms with E-state index in [2.05, 4.69) is 10.6 Å². The van der Waals surface area contributed by atoms with Gasteiger partial charge in [-0.05, 0) is 43.5 Å². The highest BCUT2D eigenvalue weighted by Gasteiger charge is 2.26. The minimum Gasteiger partial charge on any atom is -0.496 e. The molecule has 0 aromatic heterocycles. The first-order valence-corrected chi connectivity index (χ1v) is 12.7. The minimum atomic E-state index is -3.55. The number of ether oxygens (including phenoxy) is 1. The Bertz CT molecular complexity index is 1170. The molecule has 1 aliphatic heterocycles. The summed E-state index contributed by atoms with van der Waals surface area (Å²) in [5, 5.41) is 20.7. The Morgan fingerprint density at radius 2 is 1.64 bits per heavy atom. The normalized spacial score (nSPS) is 13.7. The summed E-state index contributed by atoms with van der Waals surface area (Å²) in [6.07, 6.45) is 2.82. The lowest BCUT2D eigenvalue weighted by molar-refractivity contribution is -0.159. The standard InChI is InChI=1S/C22H29N3O4S.C2H2O4/c1-17-10-11-19(30(27,28)25-12-6-3-7-13-25)14-20(17)24-22(26)16-23-15-18-8-4-5-9-21(18)29-2;3-1(4)2(5)6/h4-5,8-11,14,23H,3,6-7,12-13,15-16H2,1-2H3,(H,24,26);(H,3,4)(H,5,6). The number of carbonyl (C=O) groups is 3. The minimum absolute atomic E-state index is 0.0978. The van der Waals surface area contributed by atoms with Crippen LogP contribution in [0.5, 0.6) is 5.75 Å². The first kappa shape index (κ1) is 28.8. The third-order valence-electron chi connectivity index (χ3n) is 5.41. The van der Waals surface area contributed by atoms with Crippen molar-refractivity contribution in [3.05, 3.63) is 53.6 Å². The van der Waals surface area contributed by atoms with E-state index in [1.54, 1.807) is 25.3 Å². The zero-order valence-corrected chi connectivity index (χ0v) is 21.0. The molecule has 3 rings (SSSR count). The monoisotopic (exact) mass is 521 g/mol. The van der Waals surface area contributed by atoms with E-state index in [0.717, 1.165) is 36.1 Å². The molecular weight excluding hydrogens is 490 g/mol. The third-order valence-corrected chi connectivity index (χ3v) is 7.31. The number of benzene rings is 2. The number of carboxylic acids is 2. The molecule has 0 radical (unpaired) electrons. The third kappa shape index (κ3) is 8.33. The lowest BCUT2D eigenvalue weighted by Crippen LogP contribution is -2.35. The molecule has 4 N–H and O–H groups in total. The van der Waals surface area contributed by atoms with Gasteiger partial charge in [-0.15, -0.1) is 0 Å². The van der Waals surface area contributed by atoms with Crippen LogP contribution in [0.3, 0.4) is 0 Å². The van der Waals surface area contributed by atoms with Gasteiger partial charge in [0.1, 0.15) is 5.75 Å². The SMILES string of the molecule is COc1ccccc1CNCC(=O)Nc1cc(S(=O)(=O)N2CCCCC2)ccc1C.O=C(O)C(=O)O. The largest absolute Gasteiger partial charge is 0.496 e. The summed E-state index contributed by atoms with van der Waals surface area (Å²) in [6, 6.07) is 12.5. The van der Waals surface area contributed by atoms with Crippen molar-refractivity contribution in [3.8, 4) is 5.75 Å². The Morgan fingerprint density at radius 3 is 2.25 bits per heavy atom. The van der Waals surface area contributed by atoms with E-state index in [-0.39, 0.29) is 17.3 Å². The molecule has 1 heterocycles. The molecule has 1 fully saturated rings. The van der Waals surface area contributed by atoms with Crippen molar-refractivity contribution in [1.82, 2.24) is 9.62 Å². The number of aryl methyl sites for hydroxylation is 1. The Kier molecular flexibility index (Phi) is 10.8. The van der Waals surface area contributed by atoms with E-state index in [1.807, 2.05) is 31.2 Å². The molecule has 1 amide bonds. The molecule has 0 spiro atoms. The second-order valence-electron chi connectivity index (χ2n) is 8.02. The van der Waals surface area contributed by atoms with Crippen LogP contribution < -0.4 is 15.4 Å². The Balaban J connectivity index is 0.000000678. The van der Waals surface area contributed by atoms with Crippen molar-refractivity contribution >= 4 is 33.6 Å². The number of para-hydroxylation sites is 1. The smallest absolute Gasteiger partial charge is 0.414 e. The van der Waals surface area contributed by atoms with E-state index in [4.69, 9.17) is 24.5 Å². The maximum Gasteiger partial charge on any atom is 0.414 e. The number of nitrogens with one attached hydrogen (secondary N) is 2. The van der Waals surface area contributed by atoms with Gasteiger partial charge in [-0.25, -0.2) is 18.0 Å². The topological polar surface area (TPSA) is 162 Å². The van der Waals surface area contributed by atoms with Crippen molar-refractivity contribution in [2.45, 2.75) is 37.6 Å².